The van der Waals surface area contributed by atoms with Crippen LogP contribution in [0.3, 0.4) is 0 Å². The van der Waals surface area contributed by atoms with E-state index in [4.69, 9.17) is 12.6 Å². The van der Waals surface area contributed by atoms with Gasteiger partial charge in [-0.2, -0.15) is 0 Å². The highest BCUT2D eigenvalue weighted by atomic mass is 19.1. The van der Waals surface area contributed by atoms with Gasteiger partial charge >= 0.3 is 0 Å². The lowest BCUT2D eigenvalue weighted by atomic mass is 9.53. The first-order valence-electron chi connectivity index (χ1n) is 12.1. The molecule has 1 saturated heterocycles. The number of nitrogens with zero attached hydrogens (tertiary/aromatic N) is 1. The van der Waals surface area contributed by atoms with Crippen molar-refractivity contribution in [2.24, 2.45) is 0 Å². The van der Waals surface area contributed by atoms with E-state index in [1.54, 1.807) is 12.1 Å². The van der Waals surface area contributed by atoms with Crippen molar-refractivity contribution < 1.29 is 13.9 Å². The highest BCUT2D eigenvalue weighted by molar-refractivity contribution is 6.16. The lowest BCUT2D eigenvalue weighted by Gasteiger charge is -2.47. The summed E-state index contributed by atoms with van der Waals surface area (Å²) in [5.41, 5.74) is 3.21. The average molecular weight is 450 g/mol. The Kier molecular flexibility index (Phi) is 8.96. The van der Waals surface area contributed by atoms with Gasteiger partial charge in [0, 0.05) is 25.2 Å². The van der Waals surface area contributed by atoms with Crippen LogP contribution in [-0.4, -0.2) is 44.9 Å². The minimum atomic E-state index is -0.257. The van der Waals surface area contributed by atoms with Gasteiger partial charge < -0.3 is 15.0 Å². The smallest absolute Gasteiger partial charge is 0.224 e. The van der Waals surface area contributed by atoms with Crippen molar-refractivity contribution in [3.8, 4) is 5.75 Å². The Morgan fingerprint density at radius 3 is 2.70 bits per heavy atom. The molecule has 0 spiro atoms. The monoisotopic (exact) mass is 450 g/mol. The fourth-order valence-corrected chi connectivity index (χ4v) is 4.86. The third kappa shape index (κ3) is 6.60. The topological polar surface area (TPSA) is 41.6 Å². The van der Waals surface area contributed by atoms with Crippen LogP contribution in [0.2, 0.25) is 5.31 Å². The van der Waals surface area contributed by atoms with Gasteiger partial charge in [-0.25, -0.2) is 4.39 Å². The van der Waals surface area contributed by atoms with Crippen LogP contribution in [0.15, 0.2) is 42.5 Å². The number of hydrogen-bond donors (Lipinski definition) is 1. The number of piperidine rings is 1. The number of benzene rings is 2. The molecule has 6 heteroatoms. The summed E-state index contributed by atoms with van der Waals surface area (Å²) < 4.78 is 18.8. The largest absolute Gasteiger partial charge is 0.494 e. The van der Waals surface area contributed by atoms with E-state index in [0.29, 0.717) is 18.8 Å². The molecule has 176 valence electrons. The molecule has 1 amide bonds. The Balaban J connectivity index is 1.68. The van der Waals surface area contributed by atoms with E-state index in [-0.39, 0.29) is 23.0 Å². The zero-order valence-corrected chi connectivity index (χ0v) is 20.2. The summed E-state index contributed by atoms with van der Waals surface area (Å²) in [5, 5.41) is 2.78. The molecule has 2 radical (unpaired) electrons. The first-order chi connectivity index (χ1) is 15.9. The lowest BCUT2D eigenvalue weighted by molar-refractivity contribution is -0.115. The number of anilines is 1. The minimum absolute atomic E-state index is 0.0224. The molecule has 2 aromatic carbocycles. The molecule has 0 saturated carbocycles. The Morgan fingerprint density at radius 2 is 2.00 bits per heavy atom. The molecule has 1 heterocycles. The first kappa shape index (κ1) is 25.3. The Bertz CT molecular complexity index is 921. The molecular formula is C27H36BFN2O2. The van der Waals surface area contributed by atoms with Gasteiger partial charge in [0.15, 0.2) is 0 Å². The van der Waals surface area contributed by atoms with Crippen molar-refractivity contribution in [1.29, 1.82) is 0 Å². The third-order valence-electron chi connectivity index (χ3n) is 6.79. The Hall–Kier alpha value is -2.34. The number of carbonyl (C=O) groups is 1. The highest BCUT2D eigenvalue weighted by Gasteiger charge is 2.39. The number of likely N-dealkylation sites (tertiary alicyclic amines) is 1. The van der Waals surface area contributed by atoms with E-state index in [9.17, 15) is 9.18 Å². The second-order valence-electron chi connectivity index (χ2n) is 9.16. The standard InChI is InChI=1S/C27H36BFN2O2/c1-4-14-27(28)15-17-31(16-7-18-33-22-12-10-21(29)11-13-22)19-24(27)23-8-6-9-25(20(23)3)30-26(32)5-2/h6,8-13,24H,4-5,7,14-19H2,1-3H3,(H,30,32)/t24-,27+/m0/s1. The number of ether oxygens (including phenoxy) is 1. The Labute approximate surface area is 199 Å². The first-order valence-corrected chi connectivity index (χ1v) is 12.1. The van der Waals surface area contributed by atoms with E-state index in [2.05, 4.69) is 30.1 Å². The molecule has 33 heavy (non-hydrogen) atoms. The molecule has 3 rings (SSSR count). The predicted octanol–water partition coefficient (Wildman–Crippen LogP) is 5.87. The van der Waals surface area contributed by atoms with Crippen LogP contribution < -0.4 is 10.1 Å². The number of carbonyl (C=O) groups excluding carboxylic acids is 1. The number of halogens is 1. The fraction of sp³-hybridized carbons (Fsp3) is 0.519. The molecule has 0 unspecified atom stereocenters. The molecule has 2 aromatic rings. The van der Waals surface area contributed by atoms with Gasteiger partial charge in [0.25, 0.3) is 0 Å². The van der Waals surface area contributed by atoms with E-state index >= 15 is 0 Å². The van der Waals surface area contributed by atoms with Crippen LogP contribution in [0.25, 0.3) is 0 Å². The van der Waals surface area contributed by atoms with Crippen LogP contribution in [0.5, 0.6) is 5.75 Å². The zero-order valence-electron chi connectivity index (χ0n) is 20.2. The molecular weight excluding hydrogens is 414 g/mol. The molecule has 0 aliphatic carbocycles. The summed E-state index contributed by atoms with van der Waals surface area (Å²) in [7, 11) is 7.03. The number of nitrogens with one attached hydrogen (secondary N) is 1. The predicted molar refractivity (Wildman–Crippen MR) is 134 cm³/mol. The summed E-state index contributed by atoms with van der Waals surface area (Å²) in [6.07, 6.45) is 4.31. The van der Waals surface area contributed by atoms with Crippen LogP contribution >= 0.6 is 0 Å². The lowest BCUT2D eigenvalue weighted by Crippen LogP contribution is -2.43. The fourth-order valence-electron chi connectivity index (χ4n) is 4.86. The number of rotatable bonds is 10. The van der Waals surface area contributed by atoms with Gasteiger partial charge in [-0.05, 0) is 73.7 Å². The van der Waals surface area contributed by atoms with Crippen molar-refractivity contribution in [3.63, 3.8) is 0 Å². The molecule has 2 atom stereocenters. The second-order valence-corrected chi connectivity index (χ2v) is 9.16. The molecule has 0 aromatic heterocycles. The number of amides is 1. The highest BCUT2D eigenvalue weighted by Crippen LogP contribution is 2.51. The average Bonchev–Trinajstić information content (AvgIpc) is 2.80. The van der Waals surface area contributed by atoms with Crippen molar-refractivity contribution in [3.05, 3.63) is 59.4 Å². The van der Waals surface area contributed by atoms with Gasteiger partial charge in [-0.1, -0.05) is 44.1 Å². The summed E-state index contributed by atoms with van der Waals surface area (Å²) >= 11 is 0. The SMILES string of the molecule is [B][C@]1(CCC)CCN(CCCOc2ccc(F)cc2)C[C@H]1c1cccc(NC(=O)CC)c1C. The maximum absolute atomic E-state index is 13.1. The number of hydrogen-bond acceptors (Lipinski definition) is 3. The van der Waals surface area contributed by atoms with E-state index < -0.39 is 0 Å². The zero-order chi connectivity index (χ0) is 23.8. The Morgan fingerprint density at radius 1 is 1.24 bits per heavy atom. The maximum atomic E-state index is 13.1. The van der Waals surface area contributed by atoms with Gasteiger partial charge in [0.1, 0.15) is 11.6 Å². The van der Waals surface area contributed by atoms with Crippen molar-refractivity contribution in [2.75, 3.05) is 31.6 Å². The van der Waals surface area contributed by atoms with Gasteiger partial charge in [0.05, 0.1) is 14.5 Å². The summed E-state index contributed by atoms with van der Waals surface area (Å²) in [4.78, 5) is 14.5. The van der Waals surface area contributed by atoms with Crippen LogP contribution in [0.4, 0.5) is 10.1 Å². The second kappa shape index (κ2) is 11.7. The van der Waals surface area contributed by atoms with Crippen LogP contribution in [0.1, 0.15) is 63.0 Å². The van der Waals surface area contributed by atoms with Gasteiger partial charge in [-0.3, -0.25) is 4.79 Å². The normalized spacial score (nSPS) is 21.0. The quantitative estimate of drug-likeness (QED) is 0.364. The molecule has 1 fully saturated rings. The summed E-state index contributed by atoms with van der Waals surface area (Å²) in [5.74, 6) is 0.656. The van der Waals surface area contributed by atoms with Crippen molar-refractivity contribution >= 4 is 19.4 Å². The summed E-state index contributed by atoms with van der Waals surface area (Å²) in [6.45, 7) is 9.50. The molecule has 1 aliphatic rings. The maximum Gasteiger partial charge on any atom is 0.224 e. The van der Waals surface area contributed by atoms with E-state index in [0.717, 1.165) is 56.6 Å². The van der Waals surface area contributed by atoms with Crippen molar-refractivity contribution in [2.45, 2.75) is 64.1 Å². The van der Waals surface area contributed by atoms with E-state index in [1.807, 2.05) is 19.1 Å². The van der Waals surface area contributed by atoms with Crippen molar-refractivity contribution in [1.82, 2.24) is 4.90 Å². The molecule has 1 aliphatic heterocycles. The minimum Gasteiger partial charge on any atom is -0.494 e. The molecule has 4 nitrogen and oxygen atoms in total. The van der Waals surface area contributed by atoms with E-state index in [1.165, 1.54) is 17.7 Å². The van der Waals surface area contributed by atoms with Crippen LogP contribution in [0, 0.1) is 12.7 Å². The van der Waals surface area contributed by atoms with Gasteiger partial charge in [-0.15, -0.1) is 0 Å². The molecule has 0 bridgehead atoms. The van der Waals surface area contributed by atoms with Crippen LogP contribution in [-0.2, 0) is 4.79 Å². The third-order valence-corrected chi connectivity index (χ3v) is 6.79. The van der Waals surface area contributed by atoms with Gasteiger partial charge in [0.2, 0.25) is 5.91 Å². The summed E-state index contributed by atoms with van der Waals surface area (Å²) in [6, 6.07) is 12.3. The molecule has 1 N–H and O–H groups in total.